The number of hydrogen-bond donors (Lipinski definition) is 1. The maximum Gasteiger partial charge on any atom is 0.123 e. The number of ether oxygens (including phenoxy) is 2. The van der Waals surface area contributed by atoms with Gasteiger partial charge in [-0.1, -0.05) is 13.8 Å². The third-order valence-electron chi connectivity index (χ3n) is 2.19. The highest BCUT2D eigenvalue weighted by Crippen LogP contribution is 2.23. The van der Waals surface area contributed by atoms with Crippen LogP contribution in [0.4, 0.5) is 0 Å². The first kappa shape index (κ1) is 15.1. The van der Waals surface area contributed by atoms with Crippen molar-refractivity contribution < 1.29 is 9.47 Å². The number of nitrogens with one attached hydrogen (secondary N) is 1. The van der Waals surface area contributed by atoms with Gasteiger partial charge in [-0.15, -0.1) is 12.4 Å². The monoisotopic (exact) mass is 245 g/mol. The maximum atomic E-state index is 5.28. The molecule has 0 heterocycles. The van der Waals surface area contributed by atoms with Crippen LogP contribution in [0.3, 0.4) is 0 Å². The molecule has 1 N–H and O–H groups in total. The summed E-state index contributed by atoms with van der Waals surface area (Å²) in [4.78, 5) is 0. The molecule has 3 nitrogen and oxygen atoms in total. The fourth-order valence-corrected chi connectivity index (χ4v) is 1.33. The highest BCUT2D eigenvalue weighted by atomic mass is 35.5. The van der Waals surface area contributed by atoms with E-state index >= 15 is 0 Å². The molecular weight excluding hydrogens is 226 g/mol. The lowest BCUT2D eigenvalue weighted by Gasteiger charge is -2.12. The molecule has 0 aliphatic carbocycles. The Kier molecular flexibility index (Phi) is 6.93. The van der Waals surface area contributed by atoms with E-state index in [2.05, 4.69) is 19.2 Å². The first-order valence-corrected chi connectivity index (χ1v) is 5.11. The molecule has 0 aliphatic heterocycles. The molecule has 16 heavy (non-hydrogen) atoms. The summed E-state index contributed by atoms with van der Waals surface area (Å²) in [6, 6.07) is 6.28. The average molecular weight is 246 g/mol. The van der Waals surface area contributed by atoms with Gasteiger partial charge < -0.3 is 14.8 Å². The summed E-state index contributed by atoms with van der Waals surface area (Å²) in [5, 5.41) is 3.35. The van der Waals surface area contributed by atoms with Crippen LogP contribution in [0.1, 0.15) is 19.4 Å². The van der Waals surface area contributed by atoms with Crippen LogP contribution < -0.4 is 14.8 Å². The molecular formula is C12H20ClNO2. The Morgan fingerprint density at radius 3 is 2.38 bits per heavy atom. The topological polar surface area (TPSA) is 30.5 Å². The second kappa shape index (κ2) is 7.36. The van der Waals surface area contributed by atoms with Gasteiger partial charge in [-0.05, 0) is 18.2 Å². The number of halogens is 1. The highest BCUT2D eigenvalue weighted by Gasteiger charge is 2.05. The Balaban J connectivity index is 0.00000225. The molecule has 0 saturated carbocycles. The van der Waals surface area contributed by atoms with Crippen molar-refractivity contribution >= 4 is 12.4 Å². The average Bonchev–Trinajstić information content (AvgIpc) is 2.25. The van der Waals surface area contributed by atoms with Crippen molar-refractivity contribution in [1.82, 2.24) is 5.32 Å². The largest absolute Gasteiger partial charge is 0.497 e. The van der Waals surface area contributed by atoms with Crippen LogP contribution in [0.2, 0.25) is 0 Å². The second-order valence-electron chi connectivity index (χ2n) is 3.71. The number of benzene rings is 1. The molecule has 0 fully saturated rings. The van der Waals surface area contributed by atoms with E-state index in [-0.39, 0.29) is 12.4 Å². The van der Waals surface area contributed by atoms with Gasteiger partial charge >= 0.3 is 0 Å². The van der Waals surface area contributed by atoms with Gasteiger partial charge in [0.15, 0.2) is 0 Å². The van der Waals surface area contributed by atoms with Crippen molar-refractivity contribution in [2.75, 3.05) is 14.2 Å². The quantitative estimate of drug-likeness (QED) is 0.865. The maximum absolute atomic E-state index is 5.28. The minimum atomic E-state index is 0. The third-order valence-corrected chi connectivity index (χ3v) is 2.19. The predicted molar refractivity (Wildman–Crippen MR) is 68.8 cm³/mol. The Morgan fingerprint density at radius 1 is 1.19 bits per heavy atom. The smallest absolute Gasteiger partial charge is 0.123 e. The van der Waals surface area contributed by atoms with Gasteiger partial charge in [0.05, 0.1) is 14.2 Å². The summed E-state index contributed by atoms with van der Waals surface area (Å²) in [6.07, 6.45) is 0. The fourth-order valence-electron chi connectivity index (χ4n) is 1.33. The second-order valence-corrected chi connectivity index (χ2v) is 3.71. The van der Waals surface area contributed by atoms with E-state index in [9.17, 15) is 0 Å². The van der Waals surface area contributed by atoms with Gasteiger partial charge in [-0.25, -0.2) is 0 Å². The lowest BCUT2D eigenvalue weighted by Crippen LogP contribution is -2.22. The van der Waals surface area contributed by atoms with E-state index < -0.39 is 0 Å². The molecule has 0 saturated heterocycles. The van der Waals surface area contributed by atoms with Gasteiger partial charge in [-0.2, -0.15) is 0 Å². The van der Waals surface area contributed by atoms with Crippen LogP contribution >= 0.6 is 12.4 Å². The molecule has 0 bridgehead atoms. The molecule has 4 heteroatoms. The molecule has 0 spiro atoms. The Bertz CT molecular complexity index is 316. The number of hydrogen-bond acceptors (Lipinski definition) is 3. The molecule has 0 unspecified atom stereocenters. The molecule has 0 aliphatic rings. The van der Waals surface area contributed by atoms with Crippen molar-refractivity contribution in [2.24, 2.45) is 0 Å². The lowest BCUT2D eigenvalue weighted by atomic mass is 10.2. The van der Waals surface area contributed by atoms with E-state index in [1.807, 2.05) is 18.2 Å². The van der Waals surface area contributed by atoms with E-state index in [0.717, 1.165) is 23.6 Å². The van der Waals surface area contributed by atoms with Crippen LogP contribution in [-0.4, -0.2) is 20.3 Å². The van der Waals surface area contributed by atoms with Gasteiger partial charge in [0.2, 0.25) is 0 Å². The molecule has 1 aromatic carbocycles. The summed E-state index contributed by atoms with van der Waals surface area (Å²) in [5.74, 6) is 1.75. The van der Waals surface area contributed by atoms with Crippen LogP contribution in [0.5, 0.6) is 11.5 Å². The lowest BCUT2D eigenvalue weighted by molar-refractivity contribution is 0.396. The Hall–Kier alpha value is -0.930. The van der Waals surface area contributed by atoms with E-state index in [1.165, 1.54) is 0 Å². The molecule has 1 rings (SSSR count). The van der Waals surface area contributed by atoms with Gasteiger partial charge in [-0.3, -0.25) is 0 Å². The van der Waals surface area contributed by atoms with Crippen LogP contribution in [-0.2, 0) is 6.54 Å². The fraction of sp³-hybridized carbons (Fsp3) is 0.500. The molecule has 0 radical (unpaired) electrons. The first-order valence-electron chi connectivity index (χ1n) is 5.11. The van der Waals surface area contributed by atoms with Crippen molar-refractivity contribution in [2.45, 2.75) is 26.4 Å². The van der Waals surface area contributed by atoms with Crippen molar-refractivity contribution in [3.8, 4) is 11.5 Å². The van der Waals surface area contributed by atoms with E-state index in [1.54, 1.807) is 14.2 Å². The summed E-state index contributed by atoms with van der Waals surface area (Å²) in [5.41, 5.74) is 1.12. The minimum absolute atomic E-state index is 0. The van der Waals surface area contributed by atoms with Crippen LogP contribution in [0.25, 0.3) is 0 Å². The number of methoxy groups -OCH3 is 2. The standard InChI is InChI=1S/C12H19NO2.ClH/c1-9(2)13-8-10-7-11(14-3)5-6-12(10)15-4;/h5-7,9,13H,8H2,1-4H3;1H. The molecule has 0 aromatic heterocycles. The van der Waals surface area contributed by atoms with Gasteiger partial charge in [0.25, 0.3) is 0 Å². The van der Waals surface area contributed by atoms with Gasteiger partial charge in [0.1, 0.15) is 11.5 Å². The normalized spacial score (nSPS) is 9.81. The Morgan fingerprint density at radius 2 is 1.88 bits per heavy atom. The first-order chi connectivity index (χ1) is 7.17. The SMILES string of the molecule is COc1ccc(OC)c(CNC(C)C)c1.Cl. The molecule has 92 valence electrons. The van der Waals surface area contributed by atoms with Crippen molar-refractivity contribution in [3.63, 3.8) is 0 Å². The summed E-state index contributed by atoms with van der Waals surface area (Å²) in [6.45, 7) is 5.03. The molecule has 0 atom stereocenters. The molecule has 0 amide bonds. The van der Waals surface area contributed by atoms with Crippen LogP contribution in [0, 0.1) is 0 Å². The van der Waals surface area contributed by atoms with Crippen molar-refractivity contribution in [3.05, 3.63) is 23.8 Å². The summed E-state index contributed by atoms with van der Waals surface area (Å²) >= 11 is 0. The highest BCUT2D eigenvalue weighted by molar-refractivity contribution is 5.85. The predicted octanol–water partition coefficient (Wildman–Crippen LogP) is 2.62. The van der Waals surface area contributed by atoms with Gasteiger partial charge in [0, 0.05) is 18.2 Å². The summed E-state index contributed by atoms with van der Waals surface area (Å²) < 4.78 is 10.5. The zero-order valence-electron chi connectivity index (χ0n) is 10.2. The third kappa shape index (κ3) is 4.29. The zero-order chi connectivity index (χ0) is 11.3. The van der Waals surface area contributed by atoms with Crippen LogP contribution in [0.15, 0.2) is 18.2 Å². The van der Waals surface area contributed by atoms with E-state index in [0.29, 0.717) is 6.04 Å². The van der Waals surface area contributed by atoms with Crippen molar-refractivity contribution in [1.29, 1.82) is 0 Å². The van der Waals surface area contributed by atoms with E-state index in [4.69, 9.17) is 9.47 Å². The zero-order valence-corrected chi connectivity index (χ0v) is 11.1. The molecule has 1 aromatic rings. The number of rotatable bonds is 5. The Labute approximate surface area is 104 Å². The minimum Gasteiger partial charge on any atom is -0.497 e. The summed E-state index contributed by atoms with van der Waals surface area (Å²) in [7, 11) is 3.35.